The number of carbonyl (C=O) groups excluding carboxylic acids is 2. The van der Waals surface area contributed by atoms with E-state index in [1.165, 1.54) is 30.2 Å². The van der Waals surface area contributed by atoms with Crippen molar-refractivity contribution in [2.24, 2.45) is 11.8 Å². The second-order valence-corrected chi connectivity index (χ2v) is 9.61. The molecule has 1 aliphatic carbocycles. The first kappa shape index (κ1) is 19.1. The Morgan fingerprint density at radius 1 is 1.23 bits per heavy atom. The number of aromatic nitrogens is 1. The molecule has 2 N–H and O–H groups in total. The molecule has 2 amide bonds. The highest BCUT2D eigenvalue weighted by atomic mass is 16.5. The van der Waals surface area contributed by atoms with E-state index in [0.717, 1.165) is 24.8 Å². The highest BCUT2D eigenvalue weighted by Crippen LogP contribution is 2.52. The third-order valence-corrected chi connectivity index (χ3v) is 7.76. The van der Waals surface area contributed by atoms with Crippen LogP contribution < -0.4 is 5.32 Å². The second kappa shape index (κ2) is 7.23. The van der Waals surface area contributed by atoms with Gasteiger partial charge in [0.05, 0.1) is 24.5 Å². The quantitative estimate of drug-likeness (QED) is 0.732. The van der Waals surface area contributed by atoms with Crippen LogP contribution in [-0.2, 0) is 20.7 Å². The number of ether oxygens (including phenoxy) is 1. The Hall–Kier alpha value is -2.60. The van der Waals surface area contributed by atoms with E-state index < -0.39 is 17.4 Å². The fourth-order valence-electron chi connectivity index (χ4n) is 6.21. The van der Waals surface area contributed by atoms with Crippen molar-refractivity contribution in [2.75, 3.05) is 13.1 Å². The van der Waals surface area contributed by atoms with Crippen LogP contribution in [0, 0.1) is 11.8 Å². The molecule has 6 heteroatoms. The van der Waals surface area contributed by atoms with Gasteiger partial charge >= 0.3 is 0 Å². The molecule has 1 saturated carbocycles. The van der Waals surface area contributed by atoms with Crippen LogP contribution in [0.1, 0.15) is 37.7 Å². The maximum absolute atomic E-state index is 13.4. The van der Waals surface area contributed by atoms with Crippen molar-refractivity contribution in [3.63, 3.8) is 0 Å². The summed E-state index contributed by atoms with van der Waals surface area (Å²) in [7, 11) is 0. The summed E-state index contributed by atoms with van der Waals surface area (Å²) in [6.07, 6.45) is 12.3. The van der Waals surface area contributed by atoms with Crippen LogP contribution in [0.3, 0.4) is 0 Å². The number of H-pyrrole nitrogens is 1. The molecule has 1 spiro atoms. The third kappa shape index (κ3) is 3.03. The average Bonchev–Trinajstić information content (AvgIpc) is 3.53. The minimum Gasteiger partial charge on any atom is -0.361 e. The number of amides is 2. The van der Waals surface area contributed by atoms with Crippen LogP contribution in [0.5, 0.6) is 0 Å². The van der Waals surface area contributed by atoms with Gasteiger partial charge < -0.3 is 19.9 Å². The molecule has 2 bridgehead atoms. The van der Waals surface area contributed by atoms with Gasteiger partial charge in [-0.2, -0.15) is 0 Å². The maximum atomic E-state index is 13.4. The first-order valence-electron chi connectivity index (χ1n) is 11.7. The molecule has 2 aromatic rings. The molecule has 6 rings (SSSR count). The zero-order valence-corrected chi connectivity index (χ0v) is 17.7. The van der Waals surface area contributed by atoms with Gasteiger partial charge in [-0.25, -0.2) is 0 Å². The SMILES string of the molecule is O=C(NC1CCCCC1)C1C2C=C[C@]3(CN(CCc4c[nH]c5ccccc45)C(=O)C13)O2. The number of rotatable bonds is 5. The van der Waals surface area contributed by atoms with Crippen LogP contribution >= 0.6 is 0 Å². The van der Waals surface area contributed by atoms with Gasteiger partial charge in [-0.15, -0.1) is 0 Å². The number of nitrogens with one attached hydrogen (secondary N) is 2. The van der Waals surface area contributed by atoms with Gasteiger partial charge in [0.2, 0.25) is 11.8 Å². The molecule has 1 aromatic heterocycles. The second-order valence-electron chi connectivity index (χ2n) is 9.61. The standard InChI is InChI=1S/C25H29N3O3/c29-23(27-17-6-2-1-3-7-17)21-20-10-12-25(31-20)15-28(24(30)22(21)25)13-11-16-14-26-19-9-5-4-8-18(16)19/h4-5,8-10,12,14,17,20-22,26H,1-3,6-7,11,13,15H2,(H,27,29)/t20?,21?,22?,25-/m1/s1. The number of hydrogen-bond acceptors (Lipinski definition) is 3. The smallest absolute Gasteiger partial charge is 0.230 e. The summed E-state index contributed by atoms with van der Waals surface area (Å²) >= 11 is 0. The number of benzene rings is 1. The summed E-state index contributed by atoms with van der Waals surface area (Å²) in [5, 5.41) is 4.44. The molecule has 3 unspecified atom stereocenters. The first-order chi connectivity index (χ1) is 15.1. The van der Waals surface area contributed by atoms with E-state index in [1.807, 2.05) is 35.4 Å². The van der Waals surface area contributed by atoms with Gasteiger partial charge in [0.1, 0.15) is 5.60 Å². The predicted molar refractivity (Wildman–Crippen MR) is 117 cm³/mol. The van der Waals surface area contributed by atoms with E-state index in [9.17, 15) is 9.59 Å². The van der Waals surface area contributed by atoms with Crippen molar-refractivity contribution in [3.05, 3.63) is 48.2 Å². The third-order valence-electron chi connectivity index (χ3n) is 7.76. The molecule has 162 valence electrons. The number of aromatic amines is 1. The van der Waals surface area contributed by atoms with Gasteiger partial charge in [0.15, 0.2) is 0 Å². The van der Waals surface area contributed by atoms with Crippen molar-refractivity contribution < 1.29 is 14.3 Å². The number of fused-ring (bicyclic) bond motifs is 2. The summed E-state index contributed by atoms with van der Waals surface area (Å²) in [6, 6.07) is 8.48. The van der Waals surface area contributed by atoms with E-state index in [0.29, 0.717) is 13.1 Å². The lowest BCUT2D eigenvalue weighted by atomic mass is 9.76. The fourth-order valence-corrected chi connectivity index (χ4v) is 6.21. The molecule has 0 radical (unpaired) electrons. The number of para-hydroxylation sites is 1. The minimum atomic E-state index is -0.628. The summed E-state index contributed by atoms with van der Waals surface area (Å²) in [4.78, 5) is 31.8. The molecule has 4 aliphatic rings. The Morgan fingerprint density at radius 2 is 2.06 bits per heavy atom. The van der Waals surface area contributed by atoms with E-state index >= 15 is 0 Å². The topological polar surface area (TPSA) is 74.4 Å². The van der Waals surface area contributed by atoms with E-state index in [1.54, 1.807) is 0 Å². The number of nitrogens with zero attached hydrogens (tertiary/aromatic N) is 1. The monoisotopic (exact) mass is 419 g/mol. The predicted octanol–water partition coefficient (Wildman–Crippen LogP) is 2.94. The molecule has 3 fully saturated rings. The van der Waals surface area contributed by atoms with Crippen LogP contribution in [0.4, 0.5) is 0 Å². The lowest BCUT2D eigenvalue weighted by molar-refractivity contribution is -0.137. The van der Waals surface area contributed by atoms with E-state index in [2.05, 4.69) is 22.4 Å². The van der Waals surface area contributed by atoms with Crippen molar-refractivity contribution in [3.8, 4) is 0 Å². The van der Waals surface area contributed by atoms with E-state index in [-0.39, 0.29) is 24.0 Å². The van der Waals surface area contributed by atoms with Gasteiger partial charge in [-0.05, 0) is 30.9 Å². The van der Waals surface area contributed by atoms with Crippen LogP contribution in [0.15, 0.2) is 42.6 Å². The molecule has 2 saturated heterocycles. The number of likely N-dealkylation sites (tertiary alicyclic amines) is 1. The summed E-state index contributed by atoms with van der Waals surface area (Å²) < 4.78 is 6.27. The molecule has 31 heavy (non-hydrogen) atoms. The largest absolute Gasteiger partial charge is 0.361 e. The number of hydrogen-bond donors (Lipinski definition) is 2. The summed E-state index contributed by atoms with van der Waals surface area (Å²) in [5.41, 5.74) is 1.70. The fraction of sp³-hybridized carbons (Fsp3) is 0.520. The maximum Gasteiger partial charge on any atom is 0.230 e. The lowest BCUT2D eigenvalue weighted by Crippen LogP contribution is -2.47. The molecule has 4 heterocycles. The highest BCUT2D eigenvalue weighted by molar-refractivity contribution is 5.93. The van der Waals surface area contributed by atoms with Crippen molar-refractivity contribution in [1.29, 1.82) is 0 Å². The summed E-state index contributed by atoms with van der Waals surface area (Å²) in [6.45, 7) is 1.18. The molecule has 6 nitrogen and oxygen atoms in total. The van der Waals surface area contributed by atoms with Crippen LogP contribution in [0.2, 0.25) is 0 Å². The van der Waals surface area contributed by atoms with Gasteiger partial charge in [-0.3, -0.25) is 9.59 Å². The zero-order valence-electron chi connectivity index (χ0n) is 17.7. The van der Waals surface area contributed by atoms with Gasteiger partial charge in [0.25, 0.3) is 0 Å². The Morgan fingerprint density at radius 3 is 2.94 bits per heavy atom. The molecule has 1 aromatic carbocycles. The van der Waals surface area contributed by atoms with Gasteiger partial charge in [-0.1, -0.05) is 49.6 Å². The molecule has 4 atom stereocenters. The minimum absolute atomic E-state index is 0.0000430. The van der Waals surface area contributed by atoms with Crippen molar-refractivity contribution in [2.45, 2.75) is 56.3 Å². The molecule has 3 aliphatic heterocycles. The normalized spacial score (nSPS) is 32.2. The summed E-state index contributed by atoms with van der Waals surface area (Å²) in [5.74, 6) is -0.734. The molecular formula is C25H29N3O3. The Labute approximate surface area is 182 Å². The zero-order chi connectivity index (χ0) is 21.0. The molecular weight excluding hydrogens is 390 g/mol. The first-order valence-corrected chi connectivity index (χ1v) is 11.7. The van der Waals surface area contributed by atoms with Gasteiger partial charge in [0, 0.05) is 29.7 Å². The van der Waals surface area contributed by atoms with Crippen LogP contribution in [-0.4, -0.2) is 52.5 Å². The van der Waals surface area contributed by atoms with E-state index in [4.69, 9.17) is 4.74 Å². The number of carbonyl (C=O) groups is 2. The Bertz CT molecular complexity index is 1050. The lowest BCUT2D eigenvalue weighted by Gasteiger charge is -2.28. The van der Waals surface area contributed by atoms with Crippen molar-refractivity contribution in [1.82, 2.24) is 15.2 Å². The Kier molecular flexibility index (Phi) is 4.46. The van der Waals surface area contributed by atoms with Crippen molar-refractivity contribution >= 4 is 22.7 Å². The van der Waals surface area contributed by atoms with Crippen LogP contribution in [0.25, 0.3) is 10.9 Å². The Balaban J connectivity index is 1.17. The average molecular weight is 420 g/mol. The highest BCUT2D eigenvalue weighted by Gasteiger charge is 2.66.